The lowest BCUT2D eigenvalue weighted by Crippen LogP contribution is -2.49. The zero-order chi connectivity index (χ0) is 14.9. The van der Waals surface area contributed by atoms with Gasteiger partial charge in [0.05, 0.1) is 5.60 Å². The zero-order valence-electron chi connectivity index (χ0n) is 14.4. The molecule has 0 bridgehead atoms. The third kappa shape index (κ3) is 3.64. The van der Waals surface area contributed by atoms with Crippen LogP contribution in [-0.2, 0) is 4.74 Å². The van der Waals surface area contributed by atoms with Gasteiger partial charge in [0.25, 0.3) is 0 Å². The van der Waals surface area contributed by atoms with Crippen molar-refractivity contribution < 1.29 is 4.74 Å². The van der Waals surface area contributed by atoms with Crippen molar-refractivity contribution in [1.29, 1.82) is 0 Å². The van der Waals surface area contributed by atoms with Crippen LogP contribution in [0.4, 0.5) is 0 Å². The summed E-state index contributed by atoms with van der Waals surface area (Å²) in [4.78, 5) is 0. The molecule has 2 nitrogen and oxygen atoms in total. The Balaban J connectivity index is 1.63. The first-order valence-corrected chi connectivity index (χ1v) is 9.45. The smallest absolute Gasteiger partial charge is 0.0685 e. The quantitative estimate of drug-likeness (QED) is 0.830. The van der Waals surface area contributed by atoms with Crippen LogP contribution in [-0.4, -0.2) is 24.8 Å². The van der Waals surface area contributed by atoms with Crippen molar-refractivity contribution in [3.63, 3.8) is 0 Å². The maximum atomic E-state index is 6.17. The minimum absolute atomic E-state index is 0.319. The van der Waals surface area contributed by atoms with E-state index in [1.165, 1.54) is 57.9 Å². The molecule has 2 saturated carbocycles. The van der Waals surface area contributed by atoms with E-state index in [1.54, 1.807) is 0 Å². The van der Waals surface area contributed by atoms with E-state index in [9.17, 15) is 0 Å². The van der Waals surface area contributed by atoms with Crippen LogP contribution in [0.5, 0.6) is 0 Å². The first-order chi connectivity index (χ1) is 10.1. The molecule has 2 aliphatic carbocycles. The van der Waals surface area contributed by atoms with E-state index in [4.69, 9.17) is 4.74 Å². The summed E-state index contributed by atoms with van der Waals surface area (Å²) in [7, 11) is 0. The molecule has 3 rings (SSSR count). The van der Waals surface area contributed by atoms with Crippen LogP contribution >= 0.6 is 0 Å². The van der Waals surface area contributed by atoms with Gasteiger partial charge in [0.2, 0.25) is 0 Å². The predicted octanol–water partition coefficient (Wildman–Crippen LogP) is 4.39. The molecule has 1 N–H and O–H groups in total. The maximum Gasteiger partial charge on any atom is 0.0685 e. The van der Waals surface area contributed by atoms with E-state index in [-0.39, 0.29) is 0 Å². The minimum Gasteiger partial charge on any atom is -0.375 e. The second kappa shape index (κ2) is 6.58. The normalized spacial score (nSPS) is 39.4. The van der Waals surface area contributed by atoms with Crippen molar-refractivity contribution in [3.05, 3.63) is 0 Å². The van der Waals surface area contributed by atoms with Crippen LogP contribution in [0.1, 0.15) is 72.1 Å². The first kappa shape index (κ1) is 15.8. The Morgan fingerprint density at radius 2 is 2.00 bits per heavy atom. The minimum atomic E-state index is 0.319. The van der Waals surface area contributed by atoms with Gasteiger partial charge in [0, 0.05) is 12.6 Å². The molecule has 0 amide bonds. The highest BCUT2D eigenvalue weighted by atomic mass is 16.5. The van der Waals surface area contributed by atoms with Gasteiger partial charge in [0.15, 0.2) is 0 Å². The summed E-state index contributed by atoms with van der Waals surface area (Å²) >= 11 is 0. The van der Waals surface area contributed by atoms with Gasteiger partial charge < -0.3 is 10.1 Å². The summed E-state index contributed by atoms with van der Waals surface area (Å²) in [6.45, 7) is 9.29. The molecule has 0 radical (unpaired) electrons. The van der Waals surface area contributed by atoms with E-state index >= 15 is 0 Å². The summed E-state index contributed by atoms with van der Waals surface area (Å²) in [6.07, 6.45) is 11.1. The molecule has 4 unspecified atom stereocenters. The highest BCUT2D eigenvalue weighted by molar-refractivity contribution is 4.97. The molecule has 0 aromatic carbocycles. The number of ether oxygens (including phenoxy) is 1. The standard InChI is InChI=1S/C19H35NO/c1-14(2)20-13-17-6-5-15(3)11-18(17)16-7-10-21-19(12-16)8-4-9-19/h14-18,20H,4-13H2,1-3H3. The predicted molar refractivity (Wildman–Crippen MR) is 88.4 cm³/mol. The maximum absolute atomic E-state index is 6.17. The molecular weight excluding hydrogens is 258 g/mol. The fourth-order valence-electron chi connectivity index (χ4n) is 5.06. The lowest BCUT2D eigenvalue weighted by molar-refractivity contribution is -0.155. The van der Waals surface area contributed by atoms with Gasteiger partial charge in [-0.1, -0.05) is 27.2 Å². The Kier molecular flexibility index (Phi) is 4.95. The highest BCUT2D eigenvalue weighted by Crippen LogP contribution is 2.49. The molecule has 1 saturated heterocycles. The van der Waals surface area contributed by atoms with Crippen molar-refractivity contribution >= 4 is 0 Å². The van der Waals surface area contributed by atoms with E-state index in [1.807, 2.05) is 0 Å². The molecule has 3 aliphatic rings. The third-order valence-corrected chi connectivity index (χ3v) is 6.50. The molecule has 0 aromatic rings. The molecule has 4 atom stereocenters. The number of hydrogen-bond acceptors (Lipinski definition) is 2. The fourth-order valence-corrected chi connectivity index (χ4v) is 5.06. The molecule has 1 spiro atoms. The van der Waals surface area contributed by atoms with Crippen LogP contribution in [0.2, 0.25) is 0 Å². The molecule has 122 valence electrons. The second-order valence-electron chi connectivity index (χ2n) is 8.54. The Morgan fingerprint density at radius 1 is 1.19 bits per heavy atom. The Labute approximate surface area is 131 Å². The zero-order valence-corrected chi connectivity index (χ0v) is 14.4. The van der Waals surface area contributed by atoms with Gasteiger partial charge in [-0.25, -0.2) is 0 Å². The first-order valence-electron chi connectivity index (χ1n) is 9.45. The summed E-state index contributed by atoms with van der Waals surface area (Å²) in [5.74, 6) is 3.72. The van der Waals surface area contributed by atoms with Crippen LogP contribution in [0.25, 0.3) is 0 Å². The number of rotatable bonds is 4. The Hall–Kier alpha value is -0.0800. The van der Waals surface area contributed by atoms with Crippen LogP contribution < -0.4 is 5.32 Å². The number of hydrogen-bond donors (Lipinski definition) is 1. The van der Waals surface area contributed by atoms with Crippen molar-refractivity contribution in [2.24, 2.45) is 23.7 Å². The molecule has 1 heterocycles. The molecule has 0 aromatic heterocycles. The average Bonchev–Trinajstić information content (AvgIpc) is 2.44. The Morgan fingerprint density at radius 3 is 2.67 bits per heavy atom. The van der Waals surface area contributed by atoms with E-state index in [0.29, 0.717) is 11.6 Å². The van der Waals surface area contributed by atoms with Crippen molar-refractivity contribution in [2.45, 2.75) is 83.8 Å². The van der Waals surface area contributed by atoms with Gasteiger partial charge in [-0.3, -0.25) is 0 Å². The molecule has 1 aliphatic heterocycles. The van der Waals surface area contributed by atoms with Gasteiger partial charge in [0.1, 0.15) is 0 Å². The summed E-state index contributed by atoms with van der Waals surface area (Å²) in [5.41, 5.74) is 0.319. The Bertz CT molecular complexity index is 336. The van der Waals surface area contributed by atoms with Crippen molar-refractivity contribution in [1.82, 2.24) is 5.32 Å². The van der Waals surface area contributed by atoms with Gasteiger partial charge >= 0.3 is 0 Å². The van der Waals surface area contributed by atoms with Crippen molar-refractivity contribution in [2.75, 3.05) is 13.2 Å². The van der Waals surface area contributed by atoms with Gasteiger partial charge in [-0.05, 0) is 75.2 Å². The van der Waals surface area contributed by atoms with Crippen molar-refractivity contribution in [3.8, 4) is 0 Å². The SMILES string of the molecule is CC1CCC(CNC(C)C)C(C2CCOC3(CCC3)C2)C1. The van der Waals surface area contributed by atoms with Gasteiger partial charge in [-0.2, -0.15) is 0 Å². The van der Waals surface area contributed by atoms with E-state index in [0.717, 1.165) is 30.3 Å². The molecule has 3 fully saturated rings. The number of nitrogens with one attached hydrogen (secondary N) is 1. The second-order valence-corrected chi connectivity index (χ2v) is 8.54. The third-order valence-electron chi connectivity index (χ3n) is 6.50. The van der Waals surface area contributed by atoms with Gasteiger partial charge in [-0.15, -0.1) is 0 Å². The topological polar surface area (TPSA) is 21.3 Å². The summed E-state index contributed by atoms with van der Waals surface area (Å²) in [6, 6.07) is 0.623. The fraction of sp³-hybridized carbons (Fsp3) is 1.00. The molecule has 21 heavy (non-hydrogen) atoms. The van der Waals surface area contributed by atoms with Crippen LogP contribution in [0.3, 0.4) is 0 Å². The molecule has 2 heteroatoms. The van der Waals surface area contributed by atoms with E-state index < -0.39 is 0 Å². The van der Waals surface area contributed by atoms with Crippen LogP contribution in [0, 0.1) is 23.7 Å². The van der Waals surface area contributed by atoms with Crippen LogP contribution in [0.15, 0.2) is 0 Å². The lowest BCUT2D eigenvalue weighted by Gasteiger charge is -2.51. The summed E-state index contributed by atoms with van der Waals surface area (Å²) in [5, 5.41) is 3.72. The summed E-state index contributed by atoms with van der Waals surface area (Å²) < 4.78 is 6.17. The van der Waals surface area contributed by atoms with E-state index in [2.05, 4.69) is 26.1 Å². The highest BCUT2D eigenvalue weighted by Gasteiger charge is 2.46. The monoisotopic (exact) mass is 293 g/mol. The average molecular weight is 293 g/mol. The largest absolute Gasteiger partial charge is 0.375 e. The lowest BCUT2D eigenvalue weighted by atomic mass is 9.62. The molecular formula is C19H35NO.